The third kappa shape index (κ3) is 5.80. The van der Waals surface area contributed by atoms with Gasteiger partial charge in [-0.1, -0.05) is 54.1 Å². The molecule has 0 radical (unpaired) electrons. The maximum atomic E-state index is 10.3. The number of aliphatic hydroxyl groups is 1. The van der Waals surface area contributed by atoms with Crippen LogP contribution in [-0.2, 0) is 6.54 Å². The van der Waals surface area contributed by atoms with E-state index in [1.807, 2.05) is 36.4 Å². The number of hydrogen-bond acceptors (Lipinski definition) is 6. The molecule has 1 fully saturated rings. The summed E-state index contributed by atoms with van der Waals surface area (Å²) in [5.74, 6) is 0.612. The molecular weight excluding hydrogens is 418 g/mol. The van der Waals surface area contributed by atoms with Crippen molar-refractivity contribution >= 4 is 22.9 Å². The van der Waals surface area contributed by atoms with Gasteiger partial charge in [0.1, 0.15) is 23.5 Å². The molecule has 1 atom stereocenters. The Labute approximate surface area is 186 Å². The number of nitrogens with zero attached hydrogens (tertiary/aromatic N) is 3. The zero-order valence-electron chi connectivity index (χ0n) is 16.8. The number of thiazole rings is 1. The summed E-state index contributed by atoms with van der Waals surface area (Å²) in [6.45, 7) is 5.51. The van der Waals surface area contributed by atoms with Crippen LogP contribution in [0, 0.1) is 0 Å². The fourth-order valence-corrected chi connectivity index (χ4v) is 4.56. The Morgan fingerprint density at radius 1 is 1.00 bits per heavy atom. The van der Waals surface area contributed by atoms with Gasteiger partial charge in [0.25, 0.3) is 0 Å². The number of benzene rings is 2. The standard InChI is InChI=1S/C23H26ClN3O2S/c24-21-8-4-5-9-22(21)29-16-20(28)15-27-12-10-26(11-13-27)14-19-17-30-23(25-19)18-6-2-1-3-7-18/h1-9,17,20,28H,10-16H2. The molecule has 0 amide bonds. The smallest absolute Gasteiger partial charge is 0.138 e. The largest absolute Gasteiger partial charge is 0.489 e. The van der Waals surface area contributed by atoms with E-state index in [0.717, 1.165) is 43.4 Å². The quantitative estimate of drug-likeness (QED) is 0.569. The second-order valence-electron chi connectivity index (χ2n) is 7.48. The van der Waals surface area contributed by atoms with E-state index >= 15 is 0 Å². The number of β-amino-alcohol motifs (C(OH)–C–C–N with tert-alkyl or cyclic N) is 1. The normalized spacial score (nSPS) is 16.5. The maximum Gasteiger partial charge on any atom is 0.138 e. The lowest BCUT2D eigenvalue weighted by Crippen LogP contribution is -2.48. The van der Waals surface area contributed by atoms with Gasteiger partial charge in [-0.3, -0.25) is 9.80 Å². The molecule has 5 nitrogen and oxygen atoms in total. The van der Waals surface area contributed by atoms with Crippen molar-refractivity contribution in [1.29, 1.82) is 0 Å². The summed E-state index contributed by atoms with van der Waals surface area (Å²) in [5.41, 5.74) is 2.30. The van der Waals surface area contributed by atoms with Gasteiger partial charge in [-0.05, 0) is 12.1 Å². The van der Waals surface area contributed by atoms with E-state index in [-0.39, 0.29) is 6.61 Å². The summed E-state index contributed by atoms with van der Waals surface area (Å²) in [4.78, 5) is 9.51. The Morgan fingerprint density at radius 2 is 1.70 bits per heavy atom. The van der Waals surface area contributed by atoms with Crippen molar-refractivity contribution in [2.45, 2.75) is 12.6 Å². The van der Waals surface area contributed by atoms with E-state index in [9.17, 15) is 5.11 Å². The van der Waals surface area contributed by atoms with Crippen LogP contribution in [0.15, 0.2) is 60.0 Å². The lowest BCUT2D eigenvalue weighted by molar-refractivity contribution is 0.0444. The Hall–Kier alpha value is -1.96. The summed E-state index contributed by atoms with van der Waals surface area (Å²) in [6.07, 6.45) is -0.542. The first-order chi connectivity index (χ1) is 14.7. The number of piperazine rings is 1. The van der Waals surface area contributed by atoms with E-state index in [1.165, 1.54) is 5.56 Å². The fraction of sp³-hybridized carbons (Fsp3) is 0.348. The molecule has 158 valence electrons. The Balaban J connectivity index is 1.20. The number of aromatic nitrogens is 1. The number of aliphatic hydroxyl groups excluding tert-OH is 1. The van der Waals surface area contributed by atoms with Crippen molar-refractivity contribution < 1.29 is 9.84 Å². The highest BCUT2D eigenvalue weighted by Crippen LogP contribution is 2.24. The van der Waals surface area contributed by atoms with Gasteiger partial charge in [0.05, 0.1) is 10.7 Å². The van der Waals surface area contributed by atoms with E-state index in [0.29, 0.717) is 17.3 Å². The second-order valence-corrected chi connectivity index (χ2v) is 8.75. The highest BCUT2D eigenvalue weighted by atomic mass is 35.5. The van der Waals surface area contributed by atoms with Gasteiger partial charge in [-0.25, -0.2) is 4.98 Å². The van der Waals surface area contributed by atoms with Crippen LogP contribution in [0.25, 0.3) is 10.6 Å². The summed E-state index contributed by atoms with van der Waals surface area (Å²) < 4.78 is 5.65. The van der Waals surface area contributed by atoms with Gasteiger partial charge in [0, 0.05) is 50.2 Å². The number of para-hydroxylation sites is 1. The van der Waals surface area contributed by atoms with Crippen LogP contribution in [0.3, 0.4) is 0 Å². The average molecular weight is 444 g/mol. The Morgan fingerprint density at radius 3 is 2.47 bits per heavy atom. The Bertz CT molecular complexity index is 929. The van der Waals surface area contributed by atoms with Gasteiger partial charge < -0.3 is 9.84 Å². The number of rotatable bonds is 8. The van der Waals surface area contributed by atoms with Crippen LogP contribution in [-0.4, -0.2) is 65.3 Å². The van der Waals surface area contributed by atoms with E-state index < -0.39 is 6.10 Å². The number of halogens is 1. The first-order valence-corrected chi connectivity index (χ1v) is 11.4. The topological polar surface area (TPSA) is 48.8 Å². The zero-order valence-corrected chi connectivity index (χ0v) is 18.4. The van der Waals surface area contributed by atoms with E-state index in [1.54, 1.807) is 17.4 Å². The minimum atomic E-state index is -0.542. The van der Waals surface area contributed by atoms with Crippen LogP contribution < -0.4 is 4.74 Å². The SMILES string of the molecule is OC(COc1ccccc1Cl)CN1CCN(Cc2csc(-c3ccccc3)n2)CC1. The third-order valence-corrected chi connectivity index (χ3v) is 6.41. The highest BCUT2D eigenvalue weighted by molar-refractivity contribution is 7.13. The van der Waals surface area contributed by atoms with Gasteiger partial charge in [0.2, 0.25) is 0 Å². The predicted octanol–water partition coefficient (Wildman–Crippen LogP) is 4.02. The predicted molar refractivity (Wildman–Crippen MR) is 122 cm³/mol. The van der Waals surface area contributed by atoms with Crippen molar-refractivity contribution in [3.63, 3.8) is 0 Å². The minimum Gasteiger partial charge on any atom is -0.489 e. The monoisotopic (exact) mass is 443 g/mol. The molecule has 1 aromatic heterocycles. The first-order valence-electron chi connectivity index (χ1n) is 10.2. The minimum absolute atomic E-state index is 0.241. The maximum absolute atomic E-state index is 10.3. The van der Waals surface area contributed by atoms with Crippen molar-refractivity contribution in [1.82, 2.24) is 14.8 Å². The second kappa shape index (κ2) is 10.4. The van der Waals surface area contributed by atoms with Gasteiger partial charge >= 0.3 is 0 Å². The van der Waals surface area contributed by atoms with Crippen LogP contribution in [0.1, 0.15) is 5.69 Å². The van der Waals surface area contributed by atoms with Crippen molar-refractivity contribution in [3.05, 3.63) is 70.7 Å². The molecule has 0 saturated carbocycles. The lowest BCUT2D eigenvalue weighted by Gasteiger charge is -2.35. The molecule has 1 N–H and O–H groups in total. The molecule has 7 heteroatoms. The third-order valence-electron chi connectivity index (χ3n) is 5.16. The van der Waals surface area contributed by atoms with Gasteiger partial charge in [0.15, 0.2) is 0 Å². The van der Waals surface area contributed by atoms with Crippen molar-refractivity contribution in [3.8, 4) is 16.3 Å². The average Bonchev–Trinajstić information content (AvgIpc) is 3.24. The summed E-state index contributed by atoms with van der Waals surface area (Å²) in [6, 6.07) is 17.6. The summed E-state index contributed by atoms with van der Waals surface area (Å²) in [5, 5.41) is 14.1. The molecule has 1 unspecified atom stereocenters. The summed E-state index contributed by atoms with van der Waals surface area (Å²) >= 11 is 7.79. The van der Waals surface area contributed by atoms with Crippen LogP contribution in [0.2, 0.25) is 5.02 Å². The molecular formula is C23H26ClN3O2S. The molecule has 0 bridgehead atoms. The fourth-order valence-electron chi connectivity index (χ4n) is 3.55. The first kappa shape index (κ1) is 21.3. The lowest BCUT2D eigenvalue weighted by atomic mass is 10.2. The molecule has 0 spiro atoms. The van der Waals surface area contributed by atoms with Crippen molar-refractivity contribution in [2.24, 2.45) is 0 Å². The number of hydrogen-bond donors (Lipinski definition) is 1. The van der Waals surface area contributed by atoms with Gasteiger partial charge in [-0.15, -0.1) is 11.3 Å². The summed E-state index contributed by atoms with van der Waals surface area (Å²) in [7, 11) is 0. The Kier molecular flexibility index (Phi) is 7.36. The molecule has 30 heavy (non-hydrogen) atoms. The molecule has 1 aliphatic rings. The number of ether oxygens (including phenoxy) is 1. The molecule has 3 aromatic rings. The molecule has 1 aliphatic heterocycles. The highest BCUT2D eigenvalue weighted by Gasteiger charge is 2.20. The van der Waals surface area contributed by atoms with Crippen LogP contribution in [0.4, 0.5) is 0 Å². The van der Waals surface area contributed by atoms with Gasteiger partial charge in [-0.2, -0.15) is 0 Å². The molecule has 4 rings (SSSR count). The van der Waals surface area contributed by atoms with E-state index in [2.05, 4.69) is 27.3 Å². The molecule has 0 aliphatic carbocycles. The van der Waals surface area contributed by atoms with Crippen LogP contribution in [0.5, 0.6) is 5.75 Å². The van der Waals surface area contributed by atoms with E-state index in [4.69, 9.17) is 21.3 Å². The molecule has 1 saturated heterocycles. The molecule has 2 aromatic carbocycles. The zero-order chi connectivity index (χ0) is 20.8. The van der Waals surface area contributed by atoms with Crippen LogP contribution >= 0.6 is 22.9 Å². The van der Waals surface area contributed by atoms with Crippen molar-refractivity contribution in [2.75, 3.05) is 39.3 Å². The molecule has 2 heterocycles.